The Morgan fingerprint density at radius 1 is 1.31 bits per heavy atom. The maximum Gasteiger partial charge on any atom is -0.0140 e. The van der Waals surface area contributed by atoms with Crippen molar-refractivity contribution >= 4 is 0 Å². The van der Waals surface area contributed by atoms with E-state index < -0.39 is 0 Å². The van der Waals surface area contributed by atoms with Gasteiger partial charge in [0.1, 0.15) is 0 Å². The van der Waals surface area contributed by atoms with E-state index in [1.54, 1.807) is 5.57 Å². The molecule has 0 spiro atoms. The number of hydrogen-bond donors (Lipinski definition) is 0. The summed E-state index contributed by atoms with van der Waals surface area (Å²) in [5, 5.41) is 0. The van der Waals surface area contributed by atoms with Crippen LogP contribution in [0.5, 0.6) is 0 Å². The third kappa shape index (κ3) is 2.59. The van der Waals surface area contributed by atoms with E-state index >= 15 is 0 Å². The van der Waals surface area contributed by atoms with Crippen LogP contribution in [0.1, 0.15) is 52.9 Å². The fourth-order valence-corrected chi connectivity index (χ4v) is 3.33. The van der Waals surface area contributed by atoms with Gasteiger partial charge in [-0.05, 0) is 62.7 Å². The number of hydrogen-bond acceptors (Lipinski definition) is 0. The maximum absolute atomic E-state index is 2.52. The van der Waals surface area contributed by atoms with Gasteiger partial charge in [0.2, 0.25) is 0 Å². The molecule has 0 N–H and O–H groups in total. The summed E-state index contributed by atoms with van der Waals surface area (Å²) in [6, 6.07) is 0. The van der Waals surface area contributed by atoms with Crippen LogP contribution in [-0.4, -0.2) is 0 Å². The molecule has 3 unspecified atom stereocenters. The van der Waals surface area contributed by atoms with E-state index in [4.69, 9.17) is 0 Å². The molecule has 0 nitrogen and oxygen atoms in total. The molecule has 0 heterocycles. The Balaban J connectivity index is 2.07. The normalized spacial score (nSPS) is 35.2. The van der Waals surface area contributed by atoms with Crippen LogP contribution in [-0.2, 0) is 0 Å². The van der Waals surface area contributed by atoms with Gasteiger partial charge in [0.05, 0.1) is 0 Å². The van der Waals surface area contributed by atoms with Crippen LogP contribution in [0.2, 0.25) is 0 Å². The van der Waals surface area contributed by atoms with Crippen molar-refractivity contribution in [3.8, 4) is 0 Å². The minimum absolute atomic E-state index is 0.839. The zero-order valence-electron chi connectivity index (χ0n) is 11.1. The maximum atomic E-state index is 2.52. The molecular formula is C16H26. The molecule has 2 aliphatic rings. The summed E-state index contributed by atoms with van der Waals surface area (Å²) in [5.74, 6) is 3.45. The highest BCUT2D eigenvalue weighted by molar-refractivity contribution is 5.14. The standard InChI is InChI=1S/C16H26/c1-12(2)15-10-9-13(3)16(11-15)14-7-5-4-6-8-14/h5,7,9,12,14-16H,4,6,8,10-11H2,1-3H3. The molecule has 0 amide bonds. The Labute approximate surface area is 101 Å². The lowest BCUT2D eigenvalue weighted by Gasteiger charge is -2.35. The lowest BCUT2D eigenvalue weighted by atomic mass is 9.70. The van der Waals surface area contributed by atoms with Gasteiger partial charge in [0, 0.05) is 0 Å². The second-order valence-electron chi connectivity index (χ2n) is 6.05. The Kier molecular flexibility index (Phi) is 3.89. The van der Waals surface area contributed by atoms with Crippen LogP contribution in [0.4, 0.5) is 0 Å². The fraction of sp³-hybridized carbons (Fsp3) is 0.750. The first kappa shape index (κ1) is 12.0. The molecule has 0 saturated heterocycles. The fourth-order valence-electron chi connectivity index (χ4n) is 3.33. The zero-order valence-corrected chi connectivity index (χ0v) is 11.1. The van der Waals surface area contributed by atoms with Gasteiger partial charge in [-0.3, -0.25) is 0 Å². The molecule has 90 valence electrons. The Morgan fingerprint density at radius 2 is 2.12 bits per heavy atom. The molecule has 0 aliphatic heterocycles. The van der Waals surface area contributed by atoms with Crippen molar-refractivity contribution in [1.29, 1.82) is 0 Å². The largest absolute Gasteiger partial charge is 0.0882 e. The smallest absolute Gasteiger partial charge is 0.0140 e. The van der Waals surface area contributed by atoms with Crippen LogP contribution < -0.4 is 0 Å². The molecule has 2 aliphatic carbocycles. The van der Waals surface area contributed by atoms with E-state index in [1.807, 2.05) is 0 Å². The van der Waals surface area contributed by atoms with Gasteiger partial charge in [-0.15, -0.1) is 0 Å². The van der Waals surface area contributed by atoms with Crippen LogP contribution in [0.15, 0.2) is 23.8 Å². The van der Waals surface area contributed by atoms with Crippen molar-refractivity contribution in [3.05, 3.63) is 23.8 Å². The topological polar surface area (TPSA) is 0 Å². The van der Waals surface area contributed by atoms with E-state index in [0.29, 0.717) is 0 Å². The van der Waals surface area contributed by atoms with Gasteiger partial charge >= 0.3 is 0 Å². The Hall–Kier alpha value is -0.520. The predicted octanol–water partition coefficient (Wildman–Crippen LogP) is 4.97. The van der Waals surface area contributed by atoms with Crippen LogP contribution in [0.25, 0.3) is 0 Å². The Bertz CT molecular complexity index is 282. The predicted molar refractivity (Wildman–Crippen MR) is 71.3 cm³/mol. The third-order valence-electron chi connectivity index (χ3n) is 4.64. The summed E-state index contributed by atoms with van der Waals surface area (Å²) in [6.45, 7) is 7.11. The molecule has 0 aromatic heterocycles. The van der Waals surface area contributed by atoms with Crippen molar-refractivity contribution in [2.75, 3.05) is 0 Å². The monoisotopic (exact) mass is 218 g/mol. The molecule has 0 bridgehead atoms. The zero-order chi connectivity index (χ0) is 11.5. The van der Waals surface area contributed by atoms with Crippen molar-refractivity contribution in [3.63, 3.8) is 0 Å². The van der Waals surface area contributed by atoms with E-state index in [0.717, 1.165) is 23.7 Å². The Morgan fingerprint density at radius 3 is 2.75 bits per heavy atom. The average Bonchev–Trinajstić information content (AvgIpc) is 2.30. The average molecular weight is 218 g/mol. The van der Waals surface area contributed by atoms with Gasteiger partial charge in [0.25, 0.3) is 0 Å². The summed E-state index contributed by atoms with van der Waals surface area (Å²) < 4.78 is 0. The van der Waals surface area contributed by atoms with E-state index in [1.165, 1.54) is 32.1 Å². The van der Waals surface area contributed by atoms with Gasteiger partial charge < -0.3 is 0 Å². The highest BCUT2D eigenvalue weighted by Gasteiger charge is 2.29. The summed E-state index contributed by atoms with van der Waals surface area (Å²) in [7, 11) is 0. The van der Waals surface area contributed by atoms with Crippen molar-refractivity contribution in [2.24, 2.45) is 23.7 Å². The minimum atomic E-state index is 0.839. The molecular weight excluding hydrogens is 192 g/mol. The first-order valence-electron chi connectivity index (χ1n) is 7.01. The van der Waals surface area contributed by atoms with E-state index in [2.05, 4.69) is 39.0 Å². The molecule has 2 rings (SSSR count). The first-order chi connectivity index (χ1) is 7.68. The highest BCUT2D eigenvalue weighted by atomic mass is 14.3. The highest BCUT2D eigenvalue weighted by Crippen LogP contribution is 2.40. The van der Waals surface area contributed by atoms with E-state index in [-0.39, 0.29) is 0 Å². The minimum Gasteiger partial charge on any atom is -0.0882 e. The van der Waals surface area contributed by atoms with Crippen molar-refractivity contribution in [1.82, 2.24) is 0 Å². The number of allylic oxidation sites excluding steroid dienone is 4. The molecule has 0 saturated carbocycles. The molecule has 0 aromatic carbocycles. The lowest BCUT2D eigenvalue weighted by Crippen LogP contribution is -2.25. The van der Waals surface area contributed by atoms with Gasteiger partial charge in [-0.2, -0.15) is 0 Å². The molecule has 0 radical (unpaired) electrons. The quantitative estimate of drug-likeness (QED) is 0.574. The summed E-state index contributed by atoms with van der Waals surface area (Å²) in [6.07, 6.45) is 14.3. The molecule has 16 heavy (non-hydrogen) atoms. The molecule has 0 heteroatoms. The first-order valence-corrected chi connectivity index (χ1v) is 7.01. The lowest BCUT2D eigenvalue weighted by molar-refractivity contribution is 0.256. The van der Waals surface area contributed by atoms with Crippen LogP contribution >= 0.6 is 0 Å². The van der Waals surface area contributed by atoms with Gasteiger partial charge in [-0.1, -0.05) is 37.6 Å². The summed E-state index contributed by atoms with van der Waals surface area (Å²) in [4.78, 5) is 0. The van der Waals surface area contributed by atoms with Gasteiger partial charge in [-0.25, -0.2) is 0 Å². The van der Waals surface area contributed by atoms with Crippen LogP contribution in [0.3, 0.4) is 0 Å². The molecule has 3 atom stereocenters. The summed E-state index contributed by atoms with van der Waals surface area (Å²) in [5.41, 5.74) is 1.66. The molecule has 0 fully saturated rings. The van der Waals surface area contributed by atoms with Crippen LogP contribution in [0, 0.1) is 23.7 Å². The third-order valence-corrected chi connectivity index (χ3v) is 4.64. The summed E-state index contributed by atoms with van der Waals surface area (Å²) >= 11 is 0. The van der Waals surface area contributed by atoms with Crippen molar-refractivity contribution in [2.45, 2.75) is 52.9 Å². The number of rotatable bonds is 2. The van der Waals surface area contributed by atoms with Crippen molar-refractivity contribution < 1.29 is 0 Å². The SMILES string of the molecule is CC1=CCC(C(C)C)CC1C1C=CCCC1. The second-order valence-corrected chi connectivity index (χ2v) is 6.05. The molecule has 0 aromatic rings. The second kappa shape index (κ2) is 5.21. The van der Waals surface area contributed by atoms with Gasteiger partial charge in [0.15, 0.2) is 0 Å². The van der Waals surface area contributed by atoms with E-state index in [9.17, 15) is 0 Å².